The summed E-state index contributed by atoms with van der Waals surface area (Å²) in [6.07, 6.45) is 6.65. The average molecular weight is 807 g/mol. The second-order valence-electron chi connectivity index (χ2n) is 12.9. The molecule has 48 heavy (non-hydrogen) atoms. The van der Waals surface area contributed by atoms with Crippen LogP contribution in [0.15, 0.2) is 114 Å². The third-order valence-corrected chi connectivity index (χ3v) is 9.11. The Bertz CT molecular complexity index is 2110. The first kappa shape index (κ1) is 32.1. The zero-order valence-corrected chi connectivity index (χ0v) is 30.1. The molecule has 0 spiro atoms. The van der Waals surface area contributed by atoms with E-state index in [0.29, 0.717) is 17.5 Å². The fourth-order valence-electron chi connectivity index (χ4n) is 7.01. The van der Waals surface area contributed by atoms with Gasteiger partial charge in [-0.3, -0.25) is 0 Å². The van der Waals surface area contributed by atoms with E-state index in [1.807, 2.05) is 66.9 Å². The van der Waals surface area contributed by atoms with Crippen LogP contribution in [0.2, 0.25) is 0 Å². The van der Waals surface area contributed by atoms with E-state index in [2.05, 4.69) is 81.2 Å². The van der Waals surface area contributed by atoms with Crippen LogP contribution in [0.1, 0.15) is 57.1 Å². The molecule has 4 aromatic heterocycles. The summed E-state index contributed by atoms with van der Waals surface area (Å²) in [6.45, 7) is 8.76. The molecule has 1 fully saturated rings. The minimum atomic E-state index is -0.564. The van der Waals surface area contributed by atoms with Gasteiger partial charge in [0.1, 0.15) is 0 Å². The quantitative estimate of drug-likeness (QED) is 0.166. The van der Waals surface area contributed by atoms with E-state index in [1.54, 1.807) is 6.20 Å². The van der Waals surface area contributed by atoms with Gasteiger partial charge in [0.05, 0.1) is 11.3 Å². The summed E-state index contributed by atoms with van der Waals surface area (Å²) in [6, 6.07) is 38.7. The summed E-state index contributed by atoms with van der Waals surface area (Å²) < 4.78 is 15.5. The molecule has 1 aliphatic rings. The number of aromatic nitrogens is 3. The number of aryl methyl sites for hydroxylation is 2. The van der Waals surface area contributed by atoms with Crippen molar-refractivity contribution in [2.45, 2.75) is 52.9 Å². The smallest absolute Gasteiger partial charge is 0.216 e. The normalized spacial score (nSPS) is 19.2. The van der Waals surface area contributed by atoms with E-state index in [-0.39, 0.29) is 20.1 Å². The summed E-state index contributed by atoms with van der Waals surface area (Å²) in [7, 11) is 0. The van der Waals surface area contributed by atoms with Crippen molar-refractivity contribution in [1.82, 2.24) is 15.0 Å². The van der Waals surface area contributed by atoms with Crippen molar-refractivity contribution in [3.63, 3.8) is 0 Å². The largest absolute Gasteiger partial charge is 0.486 e. The Labute approximate surface area is 298 Å². The van der Waals surface area contributed by atoms with Gasteiger partial charge in [0, 0.05) is 44.8 Å². The number of furan rings is 1. The van der Waals surface area contributed by atoms with Crippen LogP contribution in [0.3, 0.4) is 0 Å². The maximum atomic E-state index is 9.15. The molecule has 8 rings (SSSR count). The monoisotopic (exact) mass is 807 g/mol. The molecule has 0 saturated heterocycles. The van der Waals surface area contributed by atoms with Crippen molar-refractivity contribution in [3.05, 3.63) is 138 Å². The van der Waals surface area contributed by atoms with Gasteiger partial charge in [-0.25, -0.2) is 4.98 Å². The Balaban J connectivity index is 0.000000270. The van der Waals surface area contributed by atoms with Crippen LogP contribution < -0.4 is 0 Å². The summed E-state index contributed by atoms with van der Waals surface area (Å²) in [5, 5.41) is 2.00. The predicted molar refractivity (Wildman–Crippen MR) is 192 cm³/mol. The molecule has 1 radical (unpaired) electrons. The fourth-order valence-corrected chi connectivity index (χ4v) is 7.01. The van der Waals surface area contributed by atoms with E-state index in [1.165, 1.54) is 17.5 Å². The van der Waals surface area contributed by atoms with Gasteiger partial charge < -0.3 is 14.4 Å². The molecule has 2 unspecified atom stereocenters. The van der Waals surface area contributed by atoms with Crippen LogP contribution in [-0.2, 0) is 20.1 Å². The van der Waals surface area contributed by atoms with Crippen molar-refractivity contribution >= 4 is 22.1 Å². The van der Waals surface area contributed by atoms with Gasteiger partial charge in [0.15, 0.2) is 0 Å². The maximum absolute atomic E-state index is 9.15. The first-order valence-corrected chi connectivity index (χ1v) is 16.4. The Kier molecular flexibility index (Phi) is 9.88. The third kappa shape index (κ3) is 7.04. The maximum Gasteiger partial charge on any atom is 0.216 e. The van der Waals surface area contributed by atoms with Crippen molar-refractivity contribution in [2.75, 3.05) is 0 Å². The summed E-state index contributed by atoms with van der Waals surface area (Å²) in [5.74, 6) is 0.556. The van der Waals surface area contributed by atoms with Gasteiger partial charge in [-0.15, -0.1) is 54.1 Å². The van der Waals surface area contributed by atoms with Gasteiger partial charge in [0.25, 0.3) is 0 Å². The number of nitrogens with zero attached hydrogens (tertiary/aromatic N) is 3. The summed E-state index contributed by atoms with van der Waals surface area (Å²) in [4.78, 5) is 13.9. The van der Waals surface area contributed by atoms with Crippen molar-refractivity contribution in [3.8, 4) is 33.8 Å². The number of hydrogen-bond donors (Lipinski definition) is 0. The molecule has 1 aliphatic carbocycles. The molecule has 0 bridgehead atoms. The Morgan fingerprint density at radius 3 is 2.17 bits per heavy atom. The van der Waals surface area contributed by atoms with E-state index < -0.39 is 5.89 Å². The SMILES string of the molecule is [2H]C1(c2ccc(-c3[c-]ccc4c3oc3nc(-c5c(C)cccc5C)ccc34)nc2)CC(C)CC(C)C1.[Ir].[c-]1ccccc1-c1ccccn1. The molecule has 243 valence electrons. The number of rotatable bonds is 4. The van der Waals surface area contributed by atoms with E-state index in [9.17, 15) is 0 Å². The first-order valence-electron chi connectivity index (χ1n) is 16.9. The molecule has 3 aromatic carbocycles. The van der Waals surface area contributed by atoms with Gasteiger partial charge in [0.2, 0.25) is 5.71 Å². The van der Waals surface area contributed by atoms with Crippen molar-refractivity contribution < 1.29 is 25.9 Å². The fraction of sp³-hybridized carbons (Fsp3) is 0.233. The minimum absolute atomic E-state index is 0. The molecule has 0 amide bonds. The van der Waals surface area contributed by atoms with Crippen LogP contribution in [0.5, 0.6) is 0 Å². The van der Waals surface area contributed by atoms with Gasteiger partial charge in [-0.1, -0.05) is 67.3 Å². The standard InChI is InChI=1S/C32H31N2O.C11H8N.Ir/c1-19-15-20(2)17-24(16-19)23-11-13-28(33-18-23)27-10-6-9-25-26-12-14-29(34-32(26)35-31(25)27)30-21(3)7-5-8-22(30)4;1-2-6-10(7-3-1)11-8-4-5-9-12-11;/h5-9,11-14,18-20,24H,15-17H2,1-4H3;1-6,8-9H;/q2*-1;/i24D;;. The van der Waals surface area contributed by atoms with Gasteiger partial charge >= 0.3 is 0 Å². The average Bonchev–Trinajstić information content (AvgIpc) is 3.47. The number of hydrogen-bond acceptors (Lipinski definition) is 4. The van der Waals surface area contributed by atoms with E-state index >= 15 is 0 Å². The molecule has 4 nitrogen and oxygen atoms in total. The van der Waals surface area contributed by atoms with Crippen LogP contribution >= 0.6 is 0 Å². The molecule has 2 atom stereocenters. The molecule has 5 heteroatoms. The minimum Gasteiger partial charge on any atom is -0.486 e. The third-order valence-electron chi connectivity index (χ3n) is 9.11. The zero-order chi connectivity index (χ0) is 33.3. The second kappa shape index (κ2) is 14.8. The number of fused-ring (bicyclic) bond motifs is 3. The van der Waals surface area contributed by atoms with E-state index in [4.69, 9.17) is 15.8 Å². The molecule has 0 aliphatic heterocycles. The van der Waals surface area contributed by atoms with Crippen LogP contribution in [0.4, 0.5) is 0 Å². The van der Waals surface area contributed by atoms with Crippen molar-refractivity contribution in [2.24, 2.45) is 11.8 Å². The number of benzene rings is 3. The van der Waals surface area contributed by atoms with Crippen LogP contribution in [-0.4, -0.2) is 15.0 Å². The molecular weight excluding hydrogens is 767 g/mol. The molecule has 4 heterocycles. The molecular formula is C43H39IrN3O-2. The first-order chi connectivity index (χ1) is 23.3. The molecule has 1 saturated carbocycles. The van der Waals surface area contributed by atoms with E-state index in [0.717, 1.165) is 68.5 Å². The summed E-state index contributed by atoms with van der Waals surface area (Å²) >= 11 is 0. The predicted octanol–water partition coefficient (Wildman–Crippen LogP) is 11.2. The second-order valence-corrected chi connectivity index (χ2v) is 12.9. The van der Waals surface area contributed by atoms with Crippen LogP contribution in [0.25, 0.3) is 55.8 Å². The Morgan fingerprint density at radius 1 is 0.708 bits per heavy atom. The van der Waals surface area contributed by atoms with Crippen molar-refractivity contribution in [1.29, 1.82) is 0 Å². The van der Waals surface area contributed by atoms with Crippen LogP contribution in [0, 0.1) is 37.8 Å². The zero-order valence-electron chi connectivity index (χ0n) is 28.8. The van der Waals surface area contributed by atoms with Gasteiger partial charge in [-0.05, 0) is 97.1 Å². The Hall–Kier alpha value is -4.44. The topological polar surface area (TPSA) is 51.8 Å². The number of pyridine rings is 3. The molecule has 0 N–H and O–H groups in total. The molecule has 7 aromatic rings. The Morgan fingerprint density at radius 2 is 1.48 bits per heavy atom. The van der Waals surface area contributed by atoms with Gasteiger partial charge in [-0.2, -0.15) is 0 Å². The summed E-state index contributed by atoms with van der Waals surface area (Å²) in [5.41, 5.74) is 10.5.